The number of hydrogen-bond acceptors (Lipinski definition) is 2. The van der Waals surface area contributed by atoms with Crippen molar-refractivity contribution in [3.63, 3.8) is 0 Å². The fraction of sp³-hybridized carbons (Fsp3) is 0.500. The number of piperidine rings is 1. The van der Waals surface area contributed by atoms with Crippen LogP contribution in [0.25, 0.3) is 0 Å². The molecular weight excluding hydrogens is 266 g/mol. The van der Waals surface area contributed by atoms with Gasteiger partial charge in [0.25, 0.3) is 5.91 Å². The van der Waals surface area contributed by atoms with Gasteiger partial charge < -0.3 is 10.2 Å². The standard InChI is InChI=1S/C16H21N3O2/c1-10-9-19(3)13(12-7-5-4-6-8-12)11(2)16(10)14(20)17-15(21)18-16/h4-8,10-11,13H,9H2,1-3H3,(H2,17,18,20,21)/p+1/t10-,11-,13-,16+/m0/s1. The third-order valence-electron chi connectivity index (χ3n) is 5.24. The first-order valence-electron chi connectivity index (χ1n) is 7.47. The number of amides is 3. The Morgan fingerprint density at radius 3 is 2.43 bits per heavy atom. The summed E-state index contributed by atoms with van der Waals surface area (Å²) in [5.74, 6) is -0.0602. The monoisotopic (exact) mass is 288 g/mol. The summed E-state index contributed by atoms with van der Waals surface area (Å²) in [6.45, 7) is 4.96. The van der Waals surface area contributed by atoms with E-state index in [1.165, 1.54) is 10.5 Å². The molecule has 5 heteroatoms. The van der Waals surface area contributed by atoms with Crippen molar-refractivity contribution in [1.82, 2.24) is 10.6 Å². The molecule has 3 N–H and O–H groups in total. The molecule has 2 saturated heterocycles. The number of nitrogens with one attached hydrogen (secondary N) is 3. The van der Waals surface area contributed by atoms with Crippen molar-refractivity contribution < 1.29 is 14.5 Å². The van der Waals surface area contributed by atoms with Gasteiger partial charge >= 0.3 is 6.03 Å². The summed E-state index contributed by atoms with van der Waals surface area (Å²) < 4.78 is 0. The molecule has 2 aliphatic rings. The van der Waals surface area contributed by atoms with E-state index in [4.69, 9.17) is 0 Å². The van der Waals surface area contributed by atoms with Crippen molar-refractivity contribution >= 4 is 11.9 Å². The van der Waals surface area contributed by atoms with Gasteiger partial charge in [-0.3, -0.25) is 10.1 Å². The molecule has 0 aliphatic carbocycles. The van der Waals surface area contributed by atoms with Crippen LogP contribution in [0.15, 0.2) is 30.3 Å². The number of benzene rings is 1. The number of rotatable bonds is 1. The van der Waals surface area contributed by atoms with Crippen LogP contribution in [0.4, 0.5) is 4.79 Å². The maximum Gasteiger partial charge on any atom is 0.322 e. The maximum atomic E-state index is 12.5. The lowest BCUT2D eigenvalue weighted by Crippen LogP contribution is -3.13. The number of carbonyl (C=O) groups is 2. The lowest BCUT2D eigenvalue weighted by molar-refractivity contribution is -0.927. The highest BCUT2D eigenvalue weighted by Gasteiger charge is 2.61. The molecule has 2 heterocycles. The third-order valence-corrected chi connectivity index (χ3v) is 5.24. The summed E-state index contributed by atoms with van der Waals surface area (Å²) in [6.07, 6.45) is 0. The normalized spacial score (nSPS) is 39.2. The summed E-state index contributed by atoms with van der Waals surface area (Å²) in [5.41, 5.74) is 0.416. The van der Waals surface area contributed by atoms with Crippen LogP contribution < -0.4 is 15.5 Å². The van der Waals surface area contributed by atoms with E-state index >= 15 is 0 Å². The Bertz CT molecular complexity index is 574. The van der Waals surface area contributed by atoms with Gasteiger partial charge in [0.15, 0.2) is 0 Å². The van der Waals surface area contributed by atoms with Crippen LogP contribution in [0.1, 0.15) is 25.5 Å². The van der Waals surface area contributed by atoms with Gasteiger partial charge in [0.1, 0.15) is 11.6 Å². The molecule has 112 valence electrons. The van der Waals surface area contributed by atoms with Gasteiger partial charge in [0.05, 0.1) is 13.6 Å². The second-order valence-corrected chi connectivity index (χ2v) is 6.41. The molecule has 0 aromatic heterocycles. The Balaban J connectivity index is 2.04. The molecule has 3 amide bonds. The fourth-order valence-corrected chi connectivity index (χ4v) is 4.29. The number of imide groups is 1. The van der Waals surface area contributed by atoms with Crippen molar-refractivity contribution in [2.24, 2.45) is 11.8 Å². The van der Waals surface area contributed by atoms with Crippen LogP contribution in [0.5, 0.6) is 0 Å². The van der Waals surface area contributed by atoms with E-state index in [9.17, 15) is 9.59 Å². The highest BCUT2D eigenvalue weighted by molar-refractivity contribution is 6.07. The van der Waals surface area contributed by atoms with Crippen molar-refractivity contribution in [3.05, 3.63) is 35.9 Å². The number of likely N-dealkylation sites (tertiary alicyclic amines) is 1. The number of quaternary nitrogens is 1. The molecule has 1 aromatic carbocycles. The Kier molecular flexibility index (Phi) is 3.24. The predicted molar refractivity (Wildman–Crippen MR) is 78.7 cm³/mol. The SMILES string of the molecule is C[C@H]1C[NH+](C)[C@H](c2ccccc2)[C@H](C)[C@]12NC(=O)NC2=O. The second-order valence-electron chi connectivity index (χ2n) is 6.41. The summed E-state index contributed by atoms with van der Waals surface area (Å²) in [4.78, 5) is 25.5. The van der Waals surface area contributed by atoms with Gasteiger partial charge in [-0.1, -0.05) is 44.2 Å². The first-order chi connectivity index (χ1) is 9.96. The summed E-state index contributed by atoms with van der Waals surface area (Å²) >= 11 is 0. The maximum absolute atomic E-state index is 12.5. The largest absolute Gasteiger partial charge is 0.331 e. The summed E-state index contributed by atoms with van der Waals surface area (Å²) in [5, 5.41) is 5.35. The van der Waals surface area contributed by atoms with Crippen LogP contribution in [0.3, 0.4) is 0 Å². The Labute approximate surface area is 124 Å². The molecule has 2 fully saturated rings. The minimum atomic E-state index is -0.795. The molecule has 2 aliphatic heterocycles. The Morgan fingerprint density at radius 2 is 1.86 bits per heavy atom. The zero-order valence-electron chi connectivity index (χ0n) is 12.6. The van der Waals surface area contributed by atoms with Gasteiger partial charge in [-0.2, -0.15) is 0 Å². The van der Waals surface area contributed by atoms with Crippen LogP contribution in [0.2, 0.25) is 0 Å². The Morgan fingerprint density at radius 1 is 1.19 bits per heavy atom. The first kappa shape index (κ1) is 14.1. The topological polar surface area (TPSA) is 62.6 Å². The molecule has 1 aromatic rings. The minimum absolute atomic E-state index is 0.0232. The summed E-state index contributed by atoms with van der Waals surface area (Å²) in [6, 6.07) is 10.1. The smallest absolute Gasteiger partial charge is 0.322 e. The summed E-state index contributed by atoms with van der Waals surface area (Å²) in [7, 11) is 2.16. The Hall–Kier alpha value is -1.88. The van der Waals surface area contributed by atoms with Crippen LogP contribution in [0, 0.1) is 11.8 Å². The van der Waals surface area contributed by atoms with E-state index in [1.54, 1.807) is 0 Å². The second kappa shape index (κ2) is 4.84. The molecule has 0 saturated carbocycles. The highest BCUT2D eigenvalue weighted by Crippen LogP contribution is 2.38. The zero-order chi connectivity index (χ0) is 15.2. The third kappa shape index (κ3) is 1.95. The van der Waals surface area contributed by atoms with Crippen LogP contribution in [-0.4, -0.2) is 31.1 Å². The number of carbonyl (C=O) groups excluding carboxylic acids is 2. The molecule has 1 spiro atoms. The first-order valence-corrected chi connectivity index (χ1v) is 7.47. The van der Waals surface area contributed by atoms with E-state index in [-0.39, 0.29) is 29.8 Å². The van der Waals surface area contributed by atoms with Crippen LogP contribution >= 0.6 is 0 Å². The van der Waals surface area contributed by atoms with Gasteiger partial charge in [-0.25, -0.2) is 4.79 Å². The zero-order valence-corrected chi connectivity index (χ0v) is 12.6. The molecule has 0 bridgehead atoms. The molecule has 21 heavy (non-hydrogen) atoms. The van der Waals surface area contributed by atoms with Gasteiger partial charge in [-0.15, -0.1) is 0 Å². The lowest BCUT2D eigenvalue weighted by Gasteiger charge is -2.48. The van der Waals surface area contributed by atoms with E-state index in [0.717, 1.165) is 6.54 Å². The molecule has 5 atom stereocenters. The van der Waals surface area contributed by atoms with Gasteiger partial charge in [-0.05, 0) is 0 Å². The molecular formula is C16H22N3O2+. The van der Waals surface area contributed by atoms with Gasteiger partial charge in [0, 0.05) is 17.4 Å². The van der Waals surface area contributed by atoms with Gasteiger partial charge in [0.2, 0.25) is 0 Å². The molecule has 1 unspecified atom stereocenters. The van der Waals surface area contributed by atoms with Crippen LogP contribution in [-0.2, 0) is 4.79 Å². The van der Waals surface area contributed by atoms with Crippen molar-refractivity contribution in [2.45, 2.75) is 25.4 Å². The van der Waals surface area contributed by atoms with E-state index in [0.29, 0.717) is 0 Å². The minimum Gasteiger partial charge on any atom is -0.331 e. The average Bonchev–Trinajstić information content (AvgIpc) is 2.74. The molecule has 3 rings (SSSR count). The molecule has 0 radical (unpaired) electrons. The fourth-order valence-electron chi connectivity index (χ4n) is 4.29. The number of urea groups is 1. The van der Waals surface area contributed by atoms with E-state index < -0.39 is 5.54 Å². The highest BCUT2D eigenvalue weighted by atomic mass is 16.2. The molecule has 5 nitrogen and oxygen atoms in total. The van der Waals surface area contributed by atoms with Crippen molar-refractivity contribution in [1.29, 1.82) is 0 Å². The van der Waals surface area contributed by atoms with E-state index in [2.05, 4.69) is 36.7 Å². The average molecular weight is 288 g/mol. The number of hydrogen-bond donors (Lipinski definition) is 3. The van der Waals surface area contributed by atoms with E-state index in [1.807, 2.05) is 25.1 Å². The van der Waals surface area contributed by atoms with Crippen molar-refractivity contribution in [2.75, 3.05) is 13.6 Å². The quantitative estimate of drug-likeness (QED) is 0.642. The lowest BCUT2D eigenvalue weighted by atomic mass is 9.67. The predicted octanol–water partition coefficient (Wildman–Crippen LogP) is 0.106. The van der Waals surface area contributed by atoms with Crippen molar-refractivity contribution in [3.8, 4) is 0 Å².